The fourth-order valence-electron chi connectivity index (χ4n) is 3.24. The van der Waals surface area contributed by atoms with Crippen molar-refractivity contribution in [1.29, 1.82) is 0 Å². The maximum absolute atomic E-state index is 11.7. The topological polar surface area (TPSA) is 71.2 Å². The molecule has 1 amide bonds. The molecule has 5 nitrogen and oxygen atoms in total. The number of thiazole rings is 1. The normalized spacial score (nSPS) is 17.5. The Kier molecular flexibility index (Phi) is 8.51. The number of nitrogens with two attached hydrogens (primary N) is 1. The summed E-state index contributed by atoms with van der Waals surface area (Å²) in [6, 6.07) is 10.8. The molecule has 7 heteroatoms. The van der Waals surface area contributed by atoms with E-state index in [1.165, 1.54) is 23.3 Å². The van der Waals surface area contributed by atoms with Gasteiger partial charge in [-0.1, -0.05) is 36.8 Å². The van der Waals surface area contributed by atoms with Gasteiger partial charge in [0.25, 0.3) is 0 Å². The Morgan fingerprint density at radius 1 is 1.31 bits per heavy atom. The average Bonchev–Trinajstić information content (AvgIpc) is 3.11. The predicted molar refractivity (Wildman–Crippen MR) is 110 cm³/mol. The van der Waals surface area contributed by atoms with Gasteiger partial charge in [-0.15, -0.1) is 23.7 Å². The summed E-state index contributed by atoms with van der Waals surface area (Å²) in [5.41, 5.74) is 6.66. The summed E-state index contributed by atoms with van der Waals surface area (Å²) in [5.74, 6) is 0.0497. The highest BCUT2D eigenvalue weighted by atomic mass is 35.5. The van der Waals surface area contributed by atoms with E-state index in [1.807, 2.05) is 12.3 Å². The first kappa shape index (κ1) is 20.8. The highest BCUT2D eigenvalue weighted by molar-refractivity contribution is 7.15. The maximum Gasteiger partial charge on any atom is 0.221 e. The summed E-state index contributed by atoms with van der Waals surface area (Å²) in [7, 11) is 0. The number of carbonyl (C=O) groups is 1. The fourth-order valence-corrected chi connectivity index (χ4v) is 4.19. The molecule has 2 heterocycles. The summed E-state index contributed by atoms with van der Waals surface area (Å²) in [5, 5.41) is 4.16. The average molecular weight is 395 g/mol. The smallest absolute Gasteiger partial charge is 0.221 e. The Balaban J connectivity index is 0.00000243. The molecule has 26 heavy (non-hydrogen) atoms. The molecule has 0 bridgehead atoms. The van der Waals surface area contributed by atoms with Gasteiger partial charge in [0.1, 0.15) is 5.01 Å². The minimum Gasteiger partial charge on any atom is -0.354 e. The largest absolute Gasteiger partial charge is 0.354 e. The Morgan fingerprint density at radius 2 is 2.12 bits per heavy atom. The van der Waals surface area contributed by atoms with Crippen LogP contribution in [-0.2, 0) is 11.3 Å². The quantitative estimate of drug-likeness (QED) is 0.757. The SMILES string of the molecule is Cl.NCCC(=O)NCC1CCCCN1Cc1ncc(-c2ccccc2)s1. The number of halogens is 1. The van der Waals surface area contributed by atoms with Crippen LogP contribution in [0.1, 0.15) is 30.7 Å². The van der Waals surface area contributed by atoms with Crippen LogP contribution in [0, 0.1) is 0 Å². The molecule has 2 aromatic rings. The number of nitrogens with one attached hydrogen (secondary N) is 1. The van der Waals surface area contributed by atoms with Crippen LogP contribution >= 0.6 is 23.7 Å². The minimum atomic E-state index is 0. The van der Waals surface area contributed by atoms with E-state index in [9.17, 15) is 4.79 Å². The highest BCUT2D eigenvalue weighted by Crippen LogP contribution is 2.28. The van der Waals surface area contributed by atoms with E-state index in [2.05, 4.69) is 39.5 Å². The zero-order chi connectivity index (χ0) is 17.5. The van der Waals surface area contributed by atoms with Crippen LogP contribution < -0.4 is 11.1 Å². The number of benzene rings is 1. The summed E-state index contributed by atoms with van der Waals surface area (Å²) >= 11 is 1.76. The van der Waals surface area contributed by atoms with Crippen molar-refractivity contribution in [2.75, 3.05) is 19.6 Å². The molecule has 0 spiro atoms. The lowest BCUT2D eigenvalue weighted by molar-refractivity contribution is -0.121. The van der Waals surface area contributed by atoms with E-state index in [0.717, 1.165) is 24.5 Å². The Labute approximate surface area is 165 Å². The molecular weight excluding hydrogens is 368 g/mol. The second-order valence-corrected chi connectivity index (χ2v) is 7.56. The van der Waals surface area contributed by atoms with Crippen molar-refractivity contribution in [3.63, 3.8) is 0 Å². The molecule has 1 saturated heterocycles. The van der Waals surface area contributed by atoms with Crippen molar-refractivity contribution in [2.24, 2.45) is 5.73 Å². The van der Waals surface area contributed by atoms with Gasteiger partial charge in [-0.2, -0.15) is 0 Å². The van der Waals surface area contributed by atoms with Gasteiger partial charge < -0.3 is 11.1 Å². The van der Waals surface area contributed by atoms with Crippen molar-refractivity contribution in [3.05, 3.63) is 41.5 Å². The first-order valence-electron chi connectivity index (χ1n) is 8.97. The molecule has 142 valence electrons. The lowest BCUT2D eigenvalue weighted by Gasteiger charge is -2.35. The third-order valence-corrected chi connectivity index (χ3v) is 5.64. The molecular formula is C19H27ClN4OS. The molecule has 3 N–H and O–H groups in total. The summed E-state index contributed by atoms with van der Waals surface area (Å²) in [6.07, 6.45) is 5.93. The van der Waals surface area contributed by atoms with Crippen molar-refractivity contribution in [1.82, 2.24) is 15.2 Å². The third-order valence-electron chi connectivity index (χ3n) is 4.61. The number of nitrogens with zero attached hydrogens (tertiary/aromatic N) is 2. The number of amides is 1. The van der Waals surface area contributed by atoms with E-state index in [0.29, 0.717) is 25.6 Å². The molecule has 1 aliphatic rings. The molecule has 1 aromatic carbocycles. The van der Waals surface area contributed by atoms with Gasteiger partial charge in [0.05, 0.1) is 11.4 Å². The van der Waals surface area contributed by atoms with Gasteiger partial charge in [-0.3, -0.25) is 9.69 Å². The second kappa shape index (κ2) is 10.6. The second-order valence-electron chi connectivity index (χ2n) is 6.45. The molecule has 1 aliphatic heterocycles. The molecule has 0 saturated carbocycles. The van der Waals surface area contributed by atoms with Gasteiger partial charge in [-0.05, 0) is 24.9 Å². The minimum absolute atomic E-state index is 0. The van der Waals surface area contributed by atoms with Crippen molar-refractivity contribution < 1.29 is 4.79 Å². The van der Waals surface area contributed by atoms with E-state index >= 15 is 0 Å². The molecule has 1 atom stereocenters. The van der Waals surface area contributed by atoms with Crippen LogP contribution in [0.25, 0.3) is 10.4 Å². The van der Waals surface area contributed by atoms with Gasteiger partial charge in [0.2, 0.25) is 5.91 Å². The number of hydrogen-bond donors (Lipinski definition) is 2. The molecule has 0 aliphatic carbocycles. The number of carbonyl (C=O) groups excluding carboxylic acids is 1. The van der Waals surface area contributed by atoms with Gasteiger partial charge in [0, 0.05) is 31.7 Å². The van der Waals surface area contributed by atoms with Gasteiger partial charge in [0.15, 0.2) is 0 Å². The standard InChI is InChI=1S/C19H26N4OS.ClH/c20-10-9-18(24)21-12-16-8-4-5-11-23(16)14-19-22-13-17(25-19)15-6-2-1-3-7-15;/h1-3,6-7,13,16H,4-5,8-12,14,20H2,(H,21,24);1H. The zero-order valence-corrected chi connectivity index (χ0v) is 16.5. The van der Waals surface area contributed by atoms with Crippen molar-refractivity contribution >= 4 is 29.7 Å². The Morgan fingerprint density at radius 3 is 2.88 bits per heavy atom. The van der Waals surface area contributed by atoms with Crippen molar-refractivity contribution in [2.45, 2.75) is 38.3 Å². The van der Waals surface area contributed by atoms with Crippen LogP contribution in [0.15, 0.2) is 36.5 Å². The lowest BCUT2D eigenvalue weighted by Crippen LogP contribution is -2.46. The zero-order valence-electron chi connectivity index (χ0n) is 14.9. The fraction of sp³-hybridized carbons (Fsp3) is 0.474. The van der Waals surface area contributed by atoms with Gasteiger partial charge >= 0.3 is 0 Å². The van der Waals surface area contributed by atoms with Crippen molar-refractivity contribution in [3.8, 4) is 10.4 Å². The maximum atomic E-state index is 11.7. The lowest BCUT2D eigenvalue weighted by atomic mass is 10.0. The Hall–Kier alpha value is -1.47. The number of rotatable bonds is 7. The van der Waals surface area contributed by atoms with Crippen LogP contribution in [0.2, 0.25) is 0 Å². The van der Waals surface area contributed by atoms with E-state index in [-0.39, 0.29) is 18.3 Å². The summed E-state index contributed by atoms with van der Waals surface area (Å²) in [4.78, 5) is 20.0. The number of aromatic nitrogens is 1. The first-order valence-corrected chi connectivity index (χ1v) is 9.79. The number of hydrogen-bond acceptors (Lipinski definition) is 5. The number of piperidine rings is 1. The van der Waals surface area contributed by atoms with Crippen LogP contribution in [0.3, 0.4) is 0 Å². The van der Waals surface area contributed by atoms with E-state index in [1.54, 1.807) is 11.3 Å². The molecule has 1 fully saturated rings. The van der Waals surface area contributed by atoms with Crippen LogP contribution in [-0.4, -0.2) is 41.5 Å². The molecule has 1 unspecified atom stereocenters. The number of likely N-dealkylation sites (tertiary alicyclic amines) is 1. The molecule has 3 rings (SSSR count). The molecule has 0 radical (unpaired) electrons. The van der Waals surface area contributed by atoms with Crippen LogP contribution in [0.5, 0.6) is 0 Å². The Bertz CT molecular complexity index is 679. The predicted octanol–water partition coefficient (Wildman–Crippen LogP) is 3.05. The highest BCUT2D eigenvalue weighted by Gasteiger charge is 2.23. The van der Waals surface area contributed by atoms with E-state index < -0.39 is 0 Å². The monoisotopic (exact) mass is 394 g/mol. The third kappa shape index (κ3) is 5.77. The summed E-state index contributed by atoms with van der Waals surface area (Å²) in [6.45, 7) is 3.03. The van der Waals surface area contributed by atoms with E-state index in [4.69, 9.17) is 5.73 Å². The van der Waals surface area contributed by atoms with Crippen LogP contribution in [0.4, 0.5) is 0 Å². The molecule has 1 aromatic heterocycles. The first-order chi connectivity index (χ1) is 12.3. The summed E-state index contributed by atoms with van der Waals surface area (Å²) < 4.78 is 0. The van der Waals surface area contributed by atoms with Gasteiger partial charge in [-0.25, -0.2) is 4.98 Å².